The highest BCUT2D eigenvalue weighted by Gasteiger charge is 2.83. The van der Waals surface area contributed by atoms with Gasteiger partial charge in [0.15, 0.2) is 18.0 Å². The first kappa shape index (κ1) is 25.4. The molecule has 4 aliphatic carbocycles. The zero-order valence-electron chi connectivity index (χ0n) is 22.2. The van der Waals surface area contributed by atoms with Crippen molar-refractivity contribution < 1.29 is 33.4 Å². The standard InChI is InChI=1S/C29H38O7/c1-7-24(32)34-15-22(31)28(36-25(33)8-2)17(4)12-20-21-11-16(3)19-13-18(30)9-10-26(19,5)29(21)23(35-29)14-27(20,28)6/h9-10,13,16-17,20-21,23H,7-8,11-12,14-15H2,1-6H3/t16-,17-,20-,21-,23-,26-,27-,28-,29-/m0/s1. The summed E-state index contributed by atoms with van der Waals surface area (Å²) in [5, 5.41) is 0. The number of rotatable bonds is 6. The highest BCUT2D eigenvalue weighted by molar-refractivity contribution is 6.01. The number of hydrogen-bond donors (Lipinski definition) is 0. The molecule has 3 saturated carbocycles. The molecule has 1 aliphatic heterocycles. The first-order valence-corrected chi connectivity index (χ1v) is 13.4. The van der Waals surface area contributed by atoms with Crippen LogP contribution >= 0.6 is 0 Å². The number of esters is 2. The zero-order valence-corrected chi connectivity index (χ0v) is 22.2. The summed E-state index contributed by atoms with van der Waals surface area (Å²) in [4.78, 5) is 50.8. The lowest BCUT2D eigenvalue weighted by Gasteiger charge is -2.57. The summed E-state index contributed by atoms with van der Waals surface area (Å²) >= 11 is 0. The summed E-state index contributed by atoms with van der Waals surface area (Å²) < 4.78 is 18.1. The molecule has 1 saturated heterocycles. The number of epoxide rings is 1. The third kappa shape index (κ3) is 3.01. The number of ketones is 2. The number of carbonyl (C=O) groups excluding carboxylic acids is 4. The van der Waals surface area contributed by atoms with Crippen LogP contribution in [0.5, 0.6) is 0 Å². The van der Waals surface area contributed by atoms with Crippen LogP contribution in [-0.4, -0.2) is 47.4 Å². The first-order valence-electron chi connectivity index (χ1n) is 13.4. The van der Waals surface area contributed by atoms with Crippen molar-refractivity contribution in [1.82, 2.24) is 0 Å². The van der Waals surface area contributed by atoms with Crippen LogP contribution in [0.1, 0.15) is 73.6 Å². The van der Waals surface area contributed by atoms with E-state index in [1.54, 1.807) is 26.0 Å². The molecule has 36 heavy (non-hydrogen) atoms. The van der Waals surface area contributed by atoms with Gasteiger partial charge < -0.3 is 14.2 Å². The monoisotopic (exact) mass is 498 g/mol. The SMILES string of the molecule is CCC(=O)OCC(=O)[C@@]1(OC(=O)CC)[C@@H](C)C[C@H]2[C@@H]3C[C@H](C)C4=CC(=O)C=C[C@]4(C)[C@]34O[C@H]4C[C@@]21C. The Balaban J connectivity index is 1.57. The Kier molecular flexibility index (Phi) is 5.71. The second-order valence-corrected chi connectivity index (χ2v) is 12.0. The Hall–Kier alpha value is -2.28. The molecule has 0 amide bonds. The number of hydrogen-bond acceptors (Lipinski definition) is 7. The van der Waals surface area contributed by atoms with Crippen LogP contribution in [-0.2, 0) is 33.4 Å². The Bertz CT molecular complexity index is 1090. The second kappa shape index (κ2) is 8.11. The van der Waals surface area contributed by atoms with Gasteiger partial charge in [-0.05, 0) is 56.1 Å². The average Bonchev–Trinajstić information content (AvgIpc) is 3.52. The summed E-state index contributed by atoms with van der Waals surface area (Å²) in [7, 11) is 0. The number of fused-ring (bicyclic) bond motifs is 3. The molecular weight excluding hydrogens is 460 g/mol. The van der Waals surface area contributed by atoms with Crippen molar-refractivity contribution in [2.24, 2.45) is 34.5 Å². The summed E-state index contributed by atoms with van der Waals surface area (Å²) in [6.07, 6.45) is 7.85. The van der Waals surface area contributed by atoms with Crippen molar-refractivity contribution in [3.05, 3.63) is 23.8 Å². The fourth-order valence-corrected chi connectivity index (χ4v) is 8.83. The van der Waals surface area contributed by atoms with Crippen molar-refractivity contribution in [1.29, 1.82) is 0 Å². The molecule has 1 spiro atoms. The smallest absolute Gasteiger partial charge is 0.306 e. The third-order valence-corrected chi connectivity index (χ3v) is 10.4. The highest BCUT2D eigenvalue weighted by atomic mass is 16.6. The van der Waals surface area contributed by atoms with Gasteiger partial charge in [0.25, 0.3) is 0 Å². The lowest BCUT2D eigenvalue weighted by atomic mass is 9.45. The van der Waals surface area contributed by atoms with Gasteiger partial charge in [-0.1, -0.05) is 46.3 Å². The number of allylic oxidation sites excluding steroid dienone is 2. The minimum absolute atomic E-state index is 0.0224. The van der Waals surface area contributed by atoms with E-state index in [9.17, 15) is 19.2 Å². The highest BCUT2D eigenvalue weighted by Crippen LogP contribution is 2.77. The molecule has 1 heterocycles. The lowest BCUT2D eigenvalue weighted by Crippen LogP contribution is -2.64. The summed E-state index contributed by atoms with van der Waals surface area (Å²) in [5.41, 5.74) is -1.71. The van der Waals surface area contributed by atoms with E-state index >= 15 is 0 Å². The predicted molar refractivity (Wildman–Crippen MR) is 131 cm³/mol. The second-order valence-electron chi connectivity index (χ2n) is 12.0. The first-order chi connectivity index (χ1) is 16.9. The minimum atomic E-state index is -1.38. The van der Waals surface area contributed by atoms with E-state index in [2.05, 4.69) is 20.8 Å². The number of Topliss-reactive ketones (excluding diaryl/α,β-unsaturated/α-hetero) is 1. The van der Waals surface area contributed by atoms with Gasteiger partial charge in [-0.2, -0.15) is 0 Å². The molecule has 5 rings (SSSR count). The molecule has 196 valence electrons. The molecule has 0 aromatic carbocycles. The Labute approximate surface area is 213 Å². The van der Waals surface area contributed by atoms with Crippen molar-refractivity contribution in [3.63, 3.8) is 0 Å². The van der Waals surface area contributed by atoms with Gasteiger partial charge in [0, 0.05) is 29.6 Å². The van der Waals surface area contributed by atoms with Crippen molar-refractivity contribution in [3.8, 4) is 0 Å². The quantitative estimate of drug-likeness (QED) is 0.401. The van der Waals surface area contributed by atoms with Crippen LogP contribution < -0.4 is 0 Å². The largest absolute Gasteiger partial charge is 0.457 e. The molecule has 0 radical (unpaired) electrons. The molecule has 0 bridgehead atoms. The van der Waals surface area contributed by atoms with Crippen molar-refractivity contribution in [2.75, 3.05) is 6.61 Å². The minimum Gasteiger partial charge on any atom is -0.457 e. The lowest BCUT2D eigenvalue weighted by molar-refractivity contribution is -0.195. The van der Waals surface area contributed by atoms with Gasteiger partial charge in [-0.15, -0.1) is 0 Å². The van der Waals surface area contributed by atoms with Gasteiger partial charge >= 0.3 is 11.9 Å². The molecule has 4 fully saturated rings. The molecule has 7 heteroatoms. The van der Waals surface area contributed by atoms with Crippen LogP contribution in [0.4, 0.5) is 0 Å². The molecule has 0 aromatic heterocycles. The number of ether oxygens (including phenoxy) is 3. The van der Waals surface area contributed by atoms with Gasteiger partial charge in [-0.3, -0.25) is 19.2 Å². The van der Waals surface area contributed by atoms with E-state index in [-0.39, 0.29) is 59.6 Å². The van der Waals surface area contributed by atoms with Crippen LogP contribution in [0.2, 0.25) is 0 Å². The van der Waals surface area contributed by atoms with E-state index in [1.165, 1.54) is 0 Å². The Morgan fingerprint density at radius 3 is 2.42 bits per heavy atom. The van der Waals surface area contributed by atoms with Crippen molar-refractivity contribution in [2.45, 2.75) is 91.0 Å². The summed E-state index contributed by atoms with van der Waals surface area (Å²) in [5.74, 6) is -1.00. The average molecular weight is 499 g/mol. The maximum Gasteiger partial charge on any atom is 0.306 e. The van der Waals surface area contributed by atoms with Crippen LogP contribution in [0.3, 0.4) is 0 Å². The normalized spacial score (nSPS) is 46.0. The van der Waals surface area contributed by atoms with E-state index in [0.29, 0.717) is 12.8 Å². The summed E-state index contributed by atoms with van der Waals surface area (Å²) in [6.45, 7) is 11.4. The molecular formula is C29H38O7. The molecule has 0 aromatic rings. The fourth-order valence-electron chi connectivity index (χ4n) is 8.83. The maximum absolute atomic E-state index is 13.9. The molecule has 9 atom stereocenters. The maximum atomic E-state index is 13.9. The van der Waals surface area contributed by atoms with E-state index in [1.807, 2.05) is 13.0 Å². The van der Waals surface area contributed by atoms with Crippen LogP contribution in [0.15, 0.2) is 23.8 Å². The summed E-state index contributed by atoms with van der Waals surface area (Å²) in [6, 6.07) is 0. The molecule has 0 unspecified atom stereocenters. The van der Waals surface area contributed by atoms with E-state index in [0.717, 1.165) is 12.0 Å². The Morgan fingerprint density at radius 2 is 1.75 bits per heavy atom. The van der Waals surface area contributed by atoms with Gasteiger partial charge in [0.1, 0.15) is 5.60 Å². The Morgan fingerprint density at radius 1 is 1.06 bits per heavy atom. The van der Waals surface area contributed by atoms with Gasteiger partial charge in [-0.25, -0.2) is 0 Å². The zero-order chi connectivity index (χ0) is 26.3. The van der Waals surface area contributed by atoms with Crippen LogP contribution in [0.25, 0.3) is 0 Å². The molecule has 0 N–H and O–H groups in total. The fraction of sp³-hybridized carbons (Fsp3) is 0.724. The van der Waals surface area contributed by atoms with Crippen molar-refractivity contribution >= 4 is 23.5 Å². The number of carbonyl (C=O) groups is 4. The molecule has 5 aliphatic rings. The third-order valence-electron chi connectivity index (χ3n) is 10.4. The van der Waals surface area contributed by atoms with E-state index < -0.39 is 35.2 Å². The predicted octanol–water partition coefficient (Wildman–Crippen LogP) is 4.13. The topological polar surface area (TPSA) is 99.3 Å². The van der Waals surface area contributed by atoms with E-state index in [4.69, 9.17) is 14.2 Å². The van der Waals surface area contributed by atoms with Gasteiger partial charge in [0.2, 0.25) is 5.78 Å². The van der Waals surface area contributed by atoms with Crippen LogP contribution in [0, 0.1) is 34.5 Å². The molecule has 7 nitrogen and oxygen atoms in total. The van der Waals surface area contributed by atoms with Gasteiger partial charge in [0.05, 0.1) is 6.10 Å².